The molecule has 2 aliphatic rings. The van der Waals surface area contributed by atoms with Crippen LogP contribution in [0.1, 0.15) is 33.6 Å². The zero-order chi connectivity index (χ0) is 18.4. The van der Waals surface area contributed by atoms with E-state index in [4.69, 9.17) is 9.47 Å². The average molecular weight is 347 g/mol. The first-order chi connectivity index (χ1) is 12.0. The largest absolute Gasteiger partial charge is 0.487 e. The lowest BCUT2D eigenvalue weighted by atomic mass is 9.88. The third kappa shape index (κ3) is 4.37. The Bertz CT molecular complexity index is 601. The molecule has 1 aliphatic carbocycles. The Kier molecular flexibility index (Phi) is 6.93. The van der Waals surface area contributed by atoms with Crippen LogP contribution in [-0.2, 0) is 14.3 Å². The van der Waals surface area contributed by atoms with E-state index in [1.165, 1.54) is 0 Å². The summed E-state index contributed by atoms with van der Waals surface area (Å²) in [6, 6.07) is 0. The van der Waals surface area contributed by atoms with E-state index in [-0.39, 0.29) is 24.0 Å². The van der Waals surface area contributed by atoms with Crippen LogP contribution in [0, 0.1) is 5.92 Å². The molecule has 6 nitrogen and oxygen atoms in total. The number of carbonyl (C=O) groups excluding carboxylic acids is 1. The number of allylic oxidation sites excluding steroid dienone is 1. The zero-order valence-electron chi connectivity index (χ0n) is 15.9. The van der Waals surface area contributed by atoms with Crippen molar-refractivity contribution in [2.45, 2.75) is 45.8 Å². The molecule has 0 spiro atoms. The number of hydrogen-bond donors (Lipinski definition) is 0. The van der Waals surface area contributed by atoms with Crippen molar-refractivity contribution in [2.24, 2.45) is 15.9 Å². The highest BCUT2D eigenvalue weighted by molar-refractivity contribution is 6.39. The Morgan fingerprint density at radius 3 is 2.68 bits per heavy atom. The molecule has 25 heavy (non-hydrogen) atoms. The highest BCUT2D eigenvalue weighted by atomic mass is 16.5. The molecule has 0 aromatic heterocycles. The van der Waals surface area contributed by atoms with Crippen molar-refractivity contribution < 1.29 is 14.3 Å². The Hall–Kier alpha value is -1.95. The maximum atomic E-state index is 12.3. The Labute approximate surface area is 150 Å². The van der Waals surface area contributed by atoms with Crippen molar-refractivity contribution in [1.29, 1.82) is 0 Å². The van der Waals surface area contributed by atoms with Crippen LogP contribution < -0.4 is 0 Å². The van der Waals surface area contributed by atoms with Gasteiger partial charge >= 0.3 is 0 Å². The Morgan fingerprint density at radius 1 is 1.40 bits per heavy atom. The van der Waals surface area contributed by atoms with Gasteiger partial charge in [0.15, 0.2) is 0 Å². The second kappa shape index (κ2) is 8.94. The summed E-state index contributed by atoms with van der Waals surface area (Å²) in [5.74, 6) is 1.36. The standard InChI is InChI=1S/C19H29N3O3/c1-6-10-21-18(20-4)19(23)22-11-15(12-22)25-16-9-8-14(7-2)17(24-5)13(16)3/h8-10,14-15,17H,6-7,11-12H2,1-5H3/b20-18-,21-10-. The molecule has 138 valence electrons. The van der Waals surface area contributed by atoms with Crippen molar-refractivity contribution in [3.8, 4) is 0 Å². The van der Waals surface area contributed by atoms with Crippen LogP contribution in [0.2, 0.25) is 0 Å². The lowest BCUT2D eigenvalue weighted by Crippen LogP contribution is -2.56. The van der Waals surface area contributed by atoms with Gasteiger partial charge in [-0.3, -0.25) is 9.79 Å². The molecule has 0 aromatic rings. The van der Waals surface area contributed by atoms with Crippen molar-refractivity contribution in [1.82, 2.24) is 4.90 Å². The van der Waals surface area contributed by atoms with Crippen LogP contribution in [-0.4, -0.2) is 62.3 Å². The van der Waals surface area contributed by atoms with E-state index in [0.717, 1.165) is 24.2 Å². The monoisotopic (exact) mass is 347 g/mol. The average Bonchev–Trinajstić information content (AvgIpc) is 2.58. The van der Waals surface area contributed by atoms with Crippen LogP contribution in [0.3, 0.4) is 0 Å². The lowest BCUT2D eigenvalue weighted by Gasteiger charge is -2.40. The van der Waals surface area contributed by atoms with Gasteiger partial charge < -0.3 is 14.4 Å². The molecule has 2 rings (SSSR count). The summed E-state index contributed by atoms with van der Waals surface area (Å²) in [5, 5.41) is 0. The van der Waals surface area contributed by atoms with Gasteiger partial charge in [-0.25, -0.2) is 4.99 Å². The van der Waals surface area contributed by atoms with Gasteiger partial charge in [-0.1, -0.05) is 19.9 Å². The fourth-order valence-electron chi connectivity index (χ4n) is 3.12. The number of amidine groups is 1. The van der Waals surface area contributed by atoms with Gasteiger partial charge in [0.2, 0.25) is 5.84 Å². The quantitative estimate of drug-likeness (QED) is 0.567. The van der Waals surface area contributed by atoms with Gasteiger partial charge in [-0.2, -0.15) is 0 Å². The number of ether oxygens (including phenoxy) is 2. The van der Waals surface area contributed by atoms with Crippen LogP contribution in [0.5, 0.6) is 0 Å². The van der Waals surface area contributed by atoms with E-state index in [1.54, 1.807) is 25.3 Å². The molecule has 2 unspecified atom stereocenters. The van der Waals surface area contributed by atoms with Crippen molar-refractivity contribution in [3.63, 3.8) is 0 Å². The van der Waals surface area contributed by atoms with E-state index >= 15 is 0 Å². The van der Waals surface area contributed by atoms with Crippen molar-refractivity contribution >= 4 is 18.0 Å². The molecule has 1 heterocycles. The van der Waals surface area contributed by atoms with E-state index < -0.39 is 0 Å². The van der Waals surface area contributed by atoms with Gasteiger partial charge in [0, 0.05) is 26.3 Å². The number of nitrogens with zero attached hydrogens (tertiary/aromatic N) is 3. The minimum Gasteiger partial charge on any atom is -0.487 e. The number of amides is 1. The molecule has 0 N–H and O–H groups in total. The second-order valence-corrected chi connectivity index (χ2v) is 6.35. The predicted octanol–water partition coefficient (Wildman–Crippen LogP) is 2.61. The van der Waals surface area contributed by atoms with Gasteiger partial charge in [0.1, 0.15) is 11.9 Å². The number of methoxy groups -OCH3 is 1. The molecule has 2 atom stereocenters. The van der Waals surface area contributed by atoms with Gasteiger partial charge in [0.05, 0.1) is 19.2 Å². The van der Waals surface area contributed by atoms with Crippen molar-refractivity contribution in [2.75, 3.05) is 27.2 Å². The molecule has 0 radical (unpaired) electrons. The topological polar surface area (TPSA) is 63.5 Å². The minimum absolute atomic E-state index is 0.00231. The smallest absolute Gasteiger partial charge is 0.291 e. The highest BCUT2D eigenvalue weighted by Crippen LogP contribution is 2.30. The number of aliphatic imine (C=N–C) groups is 2. The lowest BCUT2D eigenvalue weighted by molar-refractivity contribution is -0.134. The molecular formula is C19H29N3O3. The molecule has 1 fully saturated rings. The molecule has 0 saturated carbocycles. The second-order valence-electron chi connectivity index (χ2n) is 6.35. The van der Waals surface area contributed by atoms with E-state index in [1.807, 2.05) is 13.0 Å². The normalized spacial score (nSPS) is 24.8. The van der Waals surface area contributed by atoms with Crippen LogP contribution in [0.4, 0.5) is 0 Å². The zero-order valence-corrected chi connectivity index (χ0v) is 15.9. The summed E-state index contributed by atoms with van der Waals surface area (Å²) in [7, 11) is 3.32. The molecule has 1 aliphatic heterocycles. The first-order valence-electron chi connectivity index (χ1n) is 8.92. The number of carbonyl (C=O) groups is 1. The summed E-state index contributed by atoms with van der Waals surface area (Å²) in [6.07, 6.45) is 7.75. The highest BCUT2D eigenvalue weighted by Gasteiger charge is 2.35. The first kappa shape index (κ1) is 19.4. The molecule has 0 aromatic carbocycles. The van der Waals surface area contributed by atoms with Gasteiger partial charge in [0.25, 0.3) is 5.91 Å². The predicted molar refractivity (Wildman–Crippen MR) is 100 cm³/mol. The number of rotatable bonds is 5. The summed E-state index contributed by atoms with van der Waals surface area (Å²) < 4.78 is 11.7. The van der Waals surface area contributed by atoms with Crippen LogP contribution in [0.15, 0.2) is 33.5 Å². The summed E-state index contributed by atoms with van der Waals surface area (Å²) >= 11 is 0. The summed E-state index contributed by atoms with van der Waals surface area (Å²) in [5.41, 5.74) is 1.12. The molecule has 1 saturated heterocycles. The van der Waals surface area contributed by atoms with Gasteiger partial charge in [-0.15, -0.1) is 0 Å². The van der Waals surface area contributed by atoms with E-state index in [0.29, 0.717) is 19.0 Å². The Morgan fingerprint density at radius 2 is 2.12 bits per heavy atom. The minimum atomic E-state index is -0.141. The van der Waals surface area contributed by atoms with E-state index in [9.17, 15) is 4.79 Å². The number of hydrogen-bond acceptors (Lipinski definition) is 4. The fraction of sp³-hybridized carbons (Fsp3) is 0.632. The third-order valence-corrected chi connectivity index (χ3v) is 4.65. The first-order valence-corrected chi connectivity index (χ1v) is 8.92. The third-order valence-electron chi connectivity index (χ3n) is 4.65. The molecular weight excluding hydrogens is 318 g/mol. The summed E-state index contributed by atoms with van der Waals surface area (Å²) in [6.45, 7) is 7.29. The fourth-order valence-corrected chi connectivity index (χ4v) is 3.12. The van der Waals surface area contributed by atoms with Crippen molar-refractivity contribution in [3.05, 3.63) is 23.5 Å². The SMILES string of the molecule is CC/C=N\C(=N/C)C(=O)N1CC(OC2=C(C)C(OC)C(CC)C=C2)C1. The maximum Gasteiger partial charge on any atom is 0.291 e. The number of likely N-dealkylation sites (tertiary alicyclic amines) is 1. The maximum absolute atomic E-state index is 12.3. The van der Waals surface area contributed by atoms with Crippen LogP contribution in [0.25, 0.3) is 0 Å². The molecule has 1 amide bonds. The van der Waals surface area contributed by atoms with E-state index in [2.05, 4.69) is 29.9 Å². The van der Waals surface area contributed by atoms with Crippen LogP contribution >= 0.6 is 0 Å². The summed E-state index contributed by atoms with van der Waals surface area (Å²) in [4.78, 5) is 22.1. The molecule has 6 heteroatoms. The molecule has 0 bridgehead atoms. The Balaban J connectivity index is 1.92. The van der Waals surface area contributed by atoms with Gasteiger partial charge in [-0.05, 0) is 31.4 Å².